The number of nitrogens with zero attached hydrogens (tertiary/aromatic N) is 4. The van der Waals surface area contributed by atoms with Crippen molar-refractivity contribution in [2.24, 2.45) is 0 Å². The van der Waals surface area contributed by atoms with Gasteiger partial charge in [0.05, 0.1) is 16.9 Å². The highest BCUT2D eigenvalue weighted by Gasteiger charge is 2.36. The van der Waals surface area contributed by atoms with Gasteiger partial charge in [0, 0.05) is 38.3 Å². The normalized spacial score (nSPS) is 21.7. The fourth-order valence-corrected chi connectivity index (χ4v) is 5.89. The minimum absolute atomic E-state index is 0.0440. The monoisotopic (exact) mass is 475 g/mol. The predicted octanol–water partition coefficient (Wildman–Crippen LogP) is 3.58. The molecule has 3 saturated heterocycles. The quantitative estimate of drug-likeness (QED) is 0.677. The lowest BCUT2D eigenvalue weighted by atomic mass is 9.88. The average Bonchev–Trinajstić information content (AvgIpc) is 3.07. The summed E-state index contributed by atoms with van der Waals surface area (Å²) >= 11 is 0. The molecule has 4 aliphatic rings. The number of aromatic nitrogens is 2. The molecule has 0 spiro atoms. The standard InChI is InChI=1S/C27H33N5O3/c1-2-25(33)32-14-21(15-32)31-9-5-18(6-10-31)20-3-4-24-23(13-20)30-27-22(16-35-24)26(28-17-29-27)19-7-11-34-12-8-19/h2-4,13,17-19,21H,1,5-12,14-16H2,(H,28,29,30). The Labute approximate surface area is 206 Å². The molecule has 1 amide bonds. The highest BCUT2D eigenvalue weighted by atomic mass is 16.5. The highest BCUT2D eigenvalue weighted by molar-refractivity contribution is 5.87. The maximum Gasteiger partial charge on any atom is 0.246 e. The number of piperidine rings is 1. The number of hydrogen-bond donors (Lipinski definition) is 1. The lowest BCUT2D eigenvalue weighted by Gasteiger charge is -2.47. The summed E-state index contributed by atoms with van der Waals surface area (Å²) in [6.45, 7) is 9.42. The van der Waals surface area contributed by atoms with E-state index in [4.69, 9.17) is 9.47 Å². The highest BCUT2D eigenvalue weighted by Crippen LogP contribution is 2.40. The molecular weight excluding hydrogens is 442 g/mol. The molecule has 0 unspecified atom stereocenters. The zero-order valence-electron chi connectivity index (χ0n) is 20.1. The number of hydrogen-bond acceptors (Lipinski definition) is 7. The topological polar surface area (TPSA) is 79.8 Å². The van der Waals surface area contributed by atoms with Gasteiger partial charge in [-0.1, -0.05) is 12.6 Å². The van der Waals surface area contributed by atoms with Crippen LogP contribution in [0.5, 0.6) is 5.75 Å². The first-order chi connectivity index (χ1) is 17.2. The maximum absolute atomic E-state index is 11.7. The molecular formula is C27H33N5O3. The molecule has 3 fully saturated rings. The van der Waals surface area contributed by atoms with E-state index in [0.717, 1.165) is 93.6 Å². The third-order valence-corrected chi connectivity index (χ3v) is 8.08. The Morgan fingerprint density at radius 3 is 2.66 bits per heavy atom. The summed E-state index contributed by atoms with van der Waals surface area (Å²) in [5.41, 5.74) is 4.49. The van der Waals surface area contributed by atoms with E-state index in [1.807, 2.05) is 4.90 Å². The fourth-order valence-electron chi connectivity index (χ4n) is 5.89. The molecule has 8 heteroatoms. The molecule has 1 aromatic heterocycles. The lowest BCUT2D eigenvalue weighted by molar-refractivity contribution is -0.133. The van der Waals surface area contributed by atoms with Gasteiger partial charge in [-0.05, 0) is 68.5 Å². The summed E-state index contributed by atoms with van der Waals surface area (Å²) in [4.78, 5) is 25.4. The van der Waals surface area contributed by atoms with Crippen LogP contribution in [0.2, 0.25) is 0 Å². The first kappa shape index (κ1) is 22.5. The minimum Gasteiger partial charge on any atom is -0.487 e. The Morgan fingerprint density at radius 1 is 1.09 bits per heavy atom. The van der Waals surface area contributed by atoms with Gasteiger partial charge in [-0.3, -0.25) is 9.69 Å². The number of nitrogens with one attached hydrogen (secondary N) is 1. The number of rotatable bonds is 4. The van der Waals surface area contributed by atoms with Crippen molar-refractivity contribution in [2.45, 2.75) is 50.2 Å². The van der Waals surface area contributed by atoms with Crippen LogP contribution in [-0.2, 0) is 16.1 Å². The summed E-state index contributed by atoms with van der Waals surface area (Å²) in [6.07, 6.45) is 7.31. The summed E-state index contributed by atoms with van der Waals surface area (Å²) < 4.78 is 11.8. The van der Waals surface area contributed by atoms with Gasteiger partial charge in [0.25, 0.3) is 0 Å². The molecule has 8 nitrogen and oxygen atoms in total. The zero-order valence-corrected chi connectivity index (χ0v) is 20.1. The molecule has 0 atom stereocenters. The van der Waals surface area contributed by atoms with Crippen molar-refractivity contribution in [3.63, 3.8) is 0 Å². The number of fused-ring (bicyclic) bond motifs is 2. The smallest absolute Gasteiger partial charge is 0.246 e. The van der Waals surface area contributed by atoms with Gasteiger partial charge >= 0.3 is 0 Å². The molecule has 0 aliphatic carbocycles. The molecule has 0 saturated carbocycles. The Balaban J connectivity index is 1.13. The SMILES string of the molecule is C=CC(=O)N1CC(N2CCC(c3ccc4c(c3)Nc3ncnc(C5CCOCC5)c3CO4)CC2)C1. The van der Waals surface area contributed by atoms with Crippen LogP contribution in [0.4, 0.5) is 11.5 Å². The Kier molecular flexibility index (Phi) is 6.16. The first-order valence-corrected chi connectivity index (χ1v) is 12.8. The van der Waals surface area contributed by atoms with Crippen molar-refractivity contribution in [3.8, 4) is 5.75 Å². The van der Waals surface area contributed by atoms with Crippen molar-refractivity contribution < 1.29 is 14.3 Å². The average molecular weight is 476 g/mol. The Bertz CT molecular complexity index is 1100. The molecule has 2 aromatic rings. The molecule has 0 bridgehead atoms. The zero-order chi connectivity index (χ0) is 23.8. The lowest BCUT2D eigenvalue weighted by Crippen LogP contribution is -2.61. The van der Waals surface area contributed by atoms with Crippen LogP contribution in [0, 0.1) is 0 Å². The Hall–Kier alpha value is -2.97. The van der Waals surface area contributed by atoms with E-state index in [2.05, 4.69) is 45.0 Å². The molecule has 6 rings (SSSR count). The van der Waals surface area contributed by atoms with Crippen molar-refractivity contribution in [2.75, 3.05) is 44.7 Å². The fraction of sp³-hybridized carbons (Fsp3) is 0.519. The number of carbonyl (C=O) groups is 1. The summed E-state index contributed by atoms with van der Waals surface area (Å²) in [6, 6.07) is 7.05. The Morgan fingerprint density at radius 2 is 1.89 bits per heavy atom. The van der Waals surface area contributed by atoms with Crippen molar-refractivity contribution >= 4 is 17.4 Å². The van der Waals surface area contributed by atoms with Crippen molar-refractivity contribution in [1.82, 2.24) is 19.8 Å². The maximum atomic E-state index is 11.7. The third-order valence-electron chi connectivity index (χ3n) is 8.08. The molecule has 184 valence electrons. The van der Waals surface area contributed by atoms with Gasteiger partial charge in [0.2, 0.25) is 5.91 Å². The first-order valence-electron chi connectivity index (χ1n) is 12.8. The number of benzene rings is 1. The van der Waals surface area contributed by atoms with Gasteiger partial charge in [0.1, 0.15) is 24.5 Å². The summed E-state index contributed by atoms with van der Waals surface area (Å²) in [7, 11) is 0. The molecule has 0 radical (unpaired) electrons. The van der Waals surface area contributed by atoms with Crippen LogP contribution in [0.1, 0.15) is 54.3 Å². The predicted molar refractivity (Wildman–Crippen MR) is 133 cm³/mol. The van der Waals surface area contributed by atoms with Crippen LogP contribution in [-0.4, -0.2) is 71.1 Å². The number of carbonyl (C=O) groups excluding carboxylic acids is 1. The number of amides is 1. The second kappa shape index (κ2) is 9.59. The molecule has 35 heavy (non-hydrogen) atoms. The van der Waals surface area contributed by atoms with Crippen molar-refractivity contribution in [3.05, 3.63) is 54.0 Å². The molecule has 1 N–H and O–H groups in total. The van der Waals surface area contributed by atoms with Gasteiger partial charge in [-0.15, -0.1) is 0 Å². The van der Waals surface area contributed by atoms with E-state index in [0.29, 0.717) is 24.5 Å². The summed E-state index contributed by atoms with van der Waals surface area (Å²) in [5, 5.41) is 3.56. The van der Waals surface area contributed by atoms with Crippen LogP contribution in [0.3, 0.4) is 0 Å². The molecule has 1 aromatic carbocycles. The van der Waals surface area contributed by atoms with E-state index in [1.54, 1.807) is 6.33 Å². The largest absolute Gasteiger partial charge is 0.487 e. The van der Waals surface area contributed by atoms with Gasteiger partial charge < -0.3 is 19.7 Å². The van der Waals surface area contributed by atoms with Crippen LogP contribution in [0.15, 0.2) is 37.2 Å². The third kappa shape index (κ3) is 4.41. The van der Waals surface area contributed by atoms with Crippen LogP contribution in [0.25, 0.3) is 0 Å². The van der Waals surface area contributed by atoms with E-state index in [9.17, 15) is 4.79 Å². The summed E-state index contributed by atoms with van der Waals surface area (Å²) in [5.74, 6) is 2.68. The van der Waals surface area contributed by atoms with Crippen LogP contribution >= 0.6 is 0 Å². The number of anilines is 2. The van der Waals surface area contributed by atoms with Crippen LogP contribution < -0.4 is 10.1 Å². The second-order valence-corrected chi connectivity index (χ2v) is 10.1. The van der Waals surface area contributed by atoms with Gasteiger partial charge in [-0.2, -0.15) is 0 Å². The van der Waals surface area contributed by atoms with E-state index in [-0.39, 0.29) is 5.91 Å². The van der Waals surface area contributed by atoms with E-state index < -0.39 is 0 Å². The van der Waals surface area contributed by atoms with Gasteiger partial charge in [-0.25, -0.2) is 9.97 Å². The minimum atomic E-state index is 0.0440. The van der Waals surface area contributed by atoms with E-state index >= 15 is 0 Å². The van der Waals surface area contributed by atoms with Crippen molar-refractivity contribution in [1.29, 1.82) is 0 Å². The number of likely N-dealkylation sites (tertiary alicyclic amines) is 2. The molecule has 5 heterocycles. The van der Waals surface area contributed by atoms with Gasteiger partial charge in [0.15, 0.2) is 0 Å². The van der Waals surface area contributed by atoms with E-state index in [1.165, 1.54) is 11.6 Å². The number of ether oxygens (including phenoxy) is 2. The second-order valence-electron chi connectivity index (χ2n) is 10.1. The molecule has 4 aliphatic heterocycles.